The number of anilines is 1. The zero-order valence-electron chi connectivity index (χ0n) is 14.0. The molecule has 0 bridgehead atoms. The first-order valence-corrected chi connectivity index (χ1v) is 7.52. The molecule has 0 fully saturated rings. The monoisotopic (exact) mass is 307 g/mol. The summed E-state index contributed by atoms with van der Waals surface area (Å²) in [4.78, 5) is 13.9. The van der Waals surface area contributed by atoms with Crippen LogP contribution in [0.2, 0.25) is 0 Å². The van der Waals surface area contributed by atoms with Gasteiger partial charge in [-0.2, -0.15) is 0 Å². The van der Waals surface area contributed by atoms with E-state index < -0.39 is 11.7 Å². The Morgan fingerprint density at radius 1 is 1.00 bits per heavy atom. The van der Waals surface area contributed by atoms with Crippen molar-refractivity contribution in [3.63, 3.8) is 0 Å². The maximum Gasteiger partial charge on any atom is 0.426 e. The summed E-state index contributed by atoms with van der Waals surface area (Å²) < 4.78 is 5.48. The highest BCUT2D eigenvalue weighted by Crippen LogP contribution is 2.21. The van der Waals surface area contributed by atoms with Gasteiger partial charge in [0.2, 0.25) is 0 Å². The van der Waals surface area contributed by atoms with Gasteiger partial charge in [-0.25, -0.2) is 9.69 Å². The molecule has 118 valence electrons. The van der Waals surface area contributed by atoms with Gasteiger partial charge in [0.1, 0.15) is 5.60 Å². The lowest BCUT2D eigenvalue weighted by Crippen LogP contribution is -2.34. The molecule has 2 rings (SSSR count). The number of para-hydroxylation sites is 1. The van der Waals surface area contributed by atoms with Gasteiger partial charge in [-0.3, -0.25) is 0 Å². The normalized spacial score (nSPS) is 10.4. The summed E-state index contributed by atoms with van der Waals surface area (Å²) in [7, 11) is 0. The number of carbonyl (C=O) groups excluding carboxylic acids is 1. The number of hydrogen-bond donors (Lipinski definition) is 0. The van der Waals surface area contributed by atoms with Crippen molar-refractivity contribution in [3.8, 4) is 12.0 Å². The van der Waals surface area contributed by atoms with E-state index in [1.807, 2.05) is 82.3 Å². The highest BCUT2D eigenvalue weighted by atomic mass is 16.6. The van der Waals surface area contributed by atoms with E-state index in [0.717, 1.165) is 16.8 Å². The van der Waals surface area contributed by atoms with E-state index in [0.29, 0.717) is 0 Å². The van der Waals surface area contributed by atoms with Crippen LogP contribution in [-0.2, 0) is 4.74 Å². The van der Waals surface area contributed by atoms with Gasteiger partial charge in [0.05, 0.1) is 5.69 Å². The molecule has 0 spiro atoms. The van der Waals surface area contributed by atoms with Crippen molar-refractivity contribution in [1.29, 1.82) is 0 Å². The minimum atomic E-state index is -0.577. The molecule has 0 saturated heterocycles. The Bertz CT molecular complexity index is 733. The lowest BCUT2D eigenvalue weighted by molar-refractivity contribution is 0.0600. The Kier molecular flexibility index (Phi) is 5.08. The van der Waals surface area contributed by atoms with Gasteiger partial charge in [0.15, 0.2) is 0 Å². The van der Waals surface area contributed by atoms with E-state index in [1.54, 1.807) is 0 Å². The Morgan fingerprint density at radius 3 is 2.22 bits per heavy atom. The molecular weight excluding hydrogens is 286 g/mol. The van der Waals surface area contributed by atoms with Gasteiger partial charge >= 0.3 is 6.09 Å². The van der Waals surface area contributed by atoms with E-state index in [1.165, 1.54) is 4.90 Å². The third-order valence-corrected chi connectivity index (χ3v) is 3.02. The van der Waals surface area contributed by atoms with E-state index in [2.05, 4.69) is 12.0 Å². The predicted molar refractivity (Wildman–Crippen MR) is 93.2 cm³/mol. The molecule has 2 aromatic carbocycles. The molecule has 2 aromatic rings. The highest BCUT2D eigenvalue weighted by molar-refractivity contribution is 5.92. The topological polar surface area (TPSA) is 29.5 Å². The minimum Gasteiger partial charge on any atom is -0.443 e. The summed E-state index contributed by atoms with van der Waals surface area (Å²) in [5.41, 5.74) is 1.95. The molecule has 0 aliphatic rings. The van der Waals surface area contributed by atoms with Gasteiger partial charge in [0.25, 0.3) is 0 Å². The summed E-state index contributed by atoms with van der Waals surface area (Å²) >= 11 is 0. The van der Waals surface area contributed by atoms with Crippen LogP contribution in [0.5, 0.6) is 0 Å². The third-order valence-electron chi connectivity index (χ3n) is 3.02. The fourth-order valence-electron chi connectivity index (χ4n) is 1.97. The van der Waals surface area contributed by atoms with Crippen molar-refractivity contribution in [3.05, 3.63) is 65.7 Å². The molecular formula is C20H21NO2. The van der Waals surface area contributed by atoms with Crippen molar-refractivity contribution in [1.82, 2.24) is 0 Å². The largest absolute Gasteiger partial charge is 0.443 e. The maximum atomic E-state index is 12.5. The zero-order valence-corrected chi connectivity index (χ0v) is 14.0. The molecule has 0 heterocycles. The summed E-state index contributed by atoms with van der Waals surface area (Å²) in [5.74, 6) is 3.01. The molecule has 0 radical (unpaired) electrons. The van der Waals surface area contributed by atoms with Gasteiger partial charge in [-0.1, -0.05) is 36.4 Å². The second-order valence-corrected chi connectivity index (χ2v) is 6.21. The van der Waals surface area contributed by atoms with Crippen molar-refractivity contribution >= 4 is 11.8 Å². The van der Waals surface area contributed by atoms with Crippen LogP contribution in [0, 0.1) is 18.9 Å². The summed E-state index contributed by atoms with van der Waals surface area (Å²) in [5, 5.41) is 0. The fourth-order valence-corrected chi connectivity index (χ4v) is 1.97. The lowest BCUT2D eigenvalue weighted by Gasteiger charge is -2.24. The van der Waals surface area contributed by atoms with Crippen LogP contribution >= 0.6 is 0 Å². The molecule has 3 heteroatoms. The van der Waals surface area contributed by atoms with E-state index in [4.69, 9.17) is 4.74 Å². The quantitative estimate of drug-likeness (QED) is 0.562. The van der Waals surface area contributed by atoms with Crippen LogP contribution in [0.1, 0.15) is 31.9 Å². The van der Waals surface area contributed by atoms with E-state index >= 15 is 0 Å². The van der Waals surface area contributed by atoms with Crippen LogP contribution in [0.25, 0.3) is 0 Å². The van der Waals surface area contributed by atoms with Crippen molar-refractivity contribution < 1.29 is 9.53 Å². The molecule has 0 aromatic heterocycles. The average Bonchev–Trinajstić information content (AvgIpc) is 2.48. The SMILES string of the molecule is Cc1ccccc1N(C#Cc1ccccc1)C(=O)OC(C)(C)C. The van der Waals surface area contributed by atoms with E-state index in [-0.39, 0.29) is 0 Å². The summed E-state index contributed by atoms with van der Waals surface area (Å²) in [6, 6.07) is 20.1. The zero-order chi connectivity index (χ0) is 16.9. The van der Waals surface area contributed by atoms with Crippen LogP contribution in [-0.4, -0.2) is 11.7 Å². The van der Waals surface area contributed by atoms with Crippen molar-refractivity contribution in [2.24, 2.45) is 0 Å². The lowest BCUT2D eigenvalue weighted by atomic mass is 10.2. The Labute approximate surface area is 137 Å². The molecule has 0 atom stereocenters. The summed E-state index contributed by atoms with van der Waals surface area (Å²) in [6.07, 6.45) is -0.477. The van der Waals surface area contributed by atoms with Gasteiger partial charge in [0, 0.05) is 11.6 Å². The maximum absolute atomic E-state index is 12.5. The number of rotatable bonds is 1. The first-order chi connectivity index (χ1) is 10.9. The van der Waals surface area contributed by atoms with Gasteiger partial charge in [-0.05, 0) is 57.4 Å². The molecule has 0 aliphatic heterocycles. The van der Waals surface area contributed by atoms with Gasteiger partial charge < -0.3 is 4.74 Å². The predicted octanol–water partition coefficient (Wildman–Crippen LogP) is 4.75. The van der Waals surface area contributed by atoms with Crippen LogP contribution < -0.4 is 4.90 Å². The summed E-state index contributed by atoms with van der Waals surface area (Å²) in [6.45, 7) is 7.46. The third kappa shape index (κ3) is 4.89. The van der Waals surface area contributed by atoms with Gasteiger partial charge in [-0.15, -0.1) is 0 Å². The molecule has 3 nitrogen and oxygen atoms in total. The van der Waals surface area contributed by atoms with Crippen molar-refractivity contribution in [2.45, 2.75) is 33.3 Å². The van der Waals surface area contributed by atoms with Crippen LogP contribution in [0.15, 0.2) is 54.6 Å². The number of amides is 1. The Morgan fingerprint density at radius 2 is 1.61 bits per heavy atom. The number of ether oxygens (including phenoxy) is 1. The van der Waals surface area contributed by atoms with Crippen LogP contribution in [0.4, 0.5) is 10.5 Å². The fraction of sp³-hybridized carbons (Fsp3) is 0.250. The minimum absolute atomic E-state index is 0.477. The molecule has 0 saturated carbocycles. The smallest absolute Gasteiger partial charge is 0.426 e. The second-order valence-electron chi connectivity index (χ2n) is 6.21. The molecule has 0 unspecified atom stereocenters. The Hall–Kier alpha value is -2.73. The molecule has 1 amide bonds. The van der Waals surface area contributed by atoms with Crippen molar-refractivity contribution in [2.75, 3.05) is 4.90 Å². The molecule has 0 aliphatic carbocycles. The Balaban J connectivity index is 2.38. The highest BCUT2D eigenvalue weighted by Gasteiger charge is 2.23. The second kappa shape index (κ2) is 7.02. The molecule has 0 N–H and O–H groups in total. The number of benzene rings is 2. The number of nitrogens with zero attached hydrogens (tertiary/aromatic N) is 1. The first kappa shape index (κ1) is 16.6. The standard InChI is InChI=1S/C20H21NO2/c1-16-10-8-9-13-18(16)21(19(22)23-20(2,3)4)15-14-17-11-6-5-7-12-17/h5-13H,1-4H3. The first-order valence-electron chi connectivity index (χ1n) is 7.52. The number of aryl methyl sites for hydroxylation is 1. The van der Waals surface area contributed by atoms with E-state index in [9.17, 15) is 4.79 Å². The number of carbonyl (C=O) groups is 1. The average molecular weight is 307 g/mol. The molecule has 23 heavy (non-hydrogen) atoms. The number of hydrogen-bond acceptors (Lipinski definition) is 2. The van der Waals surface area contributed by atoms with Crippen LogP contribution in [0.3, 0.4) is 0 Å².